The molecule has 4 heterocycles. The number of fused-ring (bicyclic) bond motifs is 1. The first-order valence-corrected chi connectivity index (χ1v) is 11.3. The Morgan fingerprint density at radius 2 is 1.81 bits per heavy atom. The Morgan fingerprint density at radius 1 is 0.969 bits per heavy atom. The van der Waals surface area contributed by atoms with Crippen LogP contribution in [0.5, 0.6) is 0 Å². The number of benzene rings is 1. The predicted octanol–water partition coefficient (Wildman–Crippen LogP) is 1.56. The standard InChI is InChI=1S/C20H19N7O4S/c28-20-22-15-13-14(4-5-16(15)31-20)32(29,30)27-11-9-26(10-12-27)19-7-6-18(24-25-19)23-17-3-1-2-8-21-17/h1-8,13H,9-12H2,(H,22,28)(H,21,23,24). The Labute approximate surface area is 182 Å². The summed E-state index contributed by atoms with van der Waals surface area (Å²) < 4.78 is 32.4. The van der Waals surface area contributed by atoms with Crippen molar-refractivity contribution >= 4 is 38.6 Å². The SMILES string of the molecule is O=c1[nH]c2cc(S(=O)(=O)N3CCN(c4ccc(Nc5ccccn5)nn4)CC3)ccc2o1. The van der Waals surface area contributed by atoms with Gasteiger partial charge < -0.3 is 14.6 Å². The van der Waals surface area contributed by atoms with Crippen LogP contribution in [-0.4, -0.2) is 59.1 Å². The Balaban J connectivity index is 1.25. The Kier molecular flexibility index (Phi) is 5.07. The van der Waals surface area contributed by atoms with Crippen LogP contribution in [0.4, 0.5) is 17.5 Å². The van der Waals surface area contributed by atoms with Gasteiger partial charge in [0.15, 0.2) is 17.2 Å². The van der Waals surface area contributed by atoms with Crippen LogP contribution < -0.4 is 16.0 Å². The lowest BCUT2D eigenvalue weighted by molar-refractivity contribution is 0.383. The van der Waals surface area contributed by atoms with E-state index in [1.807, 2.05) is 29.2 Å². The molecule has 32 heavy (non-hydrogen) atoms. The molecule has 0 amide bonds. The number of anilines is 3. The molecule has 0 bridgehead atoms. The summed E-state index contributed by atoms with van der Waals surface area (Å²) in [4.78, 5) is 20.1. The van der Waals surface area contributed by atoms with Crippen molar-refractivity contribution < 1.29 is 12.8 Å². The van der Waals surface area contributed by atoms with Gasteiger partial charge >= 0.3 is 5.76 Å². The van der Waals surface area contributed by atoms with Crippen LogP contribution in [0.3, 0.4) is 0 Å². The highest BCUT2D eigenvalue weighted by atomic mass is 32.2. The van der Waals surface area contributed by atoms with Crippen LogP contribution in [-0.2, 0) is 10.0 Å². The Hall–Kier alpha value is -3.77. The summed E-state index contributed by atoms with van der Waals surface area (Å²) in [5.74, 6) is 1.30. The van der Waals surface area contributed by atoms with Crippen molar-refractivity contribution in [3.63, 3.8) is 0 Å². The molecule has 0 aliphatic carbocycles. The van der Waals surface area contributed by atoms with E-state index in [1.165, 1.54) is 22.5 Å². The van der Waals surface area contributed by atoms with Gasteiger partial charge in [0, 0.05) is 32.4 Å². The minimum Gasteiger partial charge on any atom is -0.408 e. The first kappa shape index (κ1) is 20.2. The lowest BCUT2D eigenvalue weighted by Gasteiger charge is -2.34. The molecule has 1 saturated heterocycles. The lowest BCUT2D eigenvalue weighted by atomic mass is 10.3. The summed E-state index contributed by atoms with van der Waals surface area (Å²) in [6, 6.07) is 13.5. The second-order valence-electron chi connectivity index (χ2n) is 7.18. The van der Waals surface area contributed by atoms with Crippen LogP contribution in [0.2, 0.25) is 0 Å². The zero-order valence-electron chi connectivity index (χ0n) is 16.8. The predicted molar refractivity (Wildman–Crippen MR) is 117 cm³/mol. The molecule has 12 heteroatoms. The first-order chi connectivity index (χ1) is 15.5. The van der Waals surface area contributed by atoms with Crippen molar-refractivity contribution in [2.45, 2.75) is 4.90 Å². The molecule has 0 spiro atoms. The second kappa shape index (κ2) is 8.05. The number of nitrogens with one attached hydrogen (secondary N) is 2. The smallest absolute Gasteiger partial charge is 0.408 e. The maximum Gasteiger partial charge on any atom is 0.417 e. The normalized spacial score (nSPS) is 15.2. The molecule has 2 N–H and O–H groups in total. The molecule has 0 radical (unpaired) electrons. The maximum absolute atomic E-state index is 13.0. The highest BCUT2D eigenvalue weighted by Crippen LogP contribution is 2.23. The highest BCUT2D eigenvalue weighted by Gasteiger charge is 2.29. The quantitative estimate of drug-likeness (QED) is 0.461. The van der Waals surface area contributed by atoms with E-state index in [-0.39, 0.29) is 4.90 Å². The van der Waals surface area contributed by atoms with Crippen LogP contribution in [0.25, 0.3) is 11.1 Å². The third kappa shape index (κ3) is 3.92. The van der Waals surface area contributed by atoms with Gasteiger partial charge in [0.25, 0.3) is 0 Å². The summed E-state index contributed by atoms with van der Waals surface area (Å²) in [6.07, 6.45) is 1.68. The molecular weight excluding hydrogens is 434 g/mol. The van der Waals surface area contributed by atoms with Crippen LogP contribution in [0, 0.1) is 0 Å². The molecule has 0 atom stereocenters. The summed E-state index contributed by atoms with van der Waals surface area (Å²) in [5.41, 5.74) is 0.669. The average Bonchev–Trinajstić information content (AvgIpc) is 3.20. The van der Waals surface area contributed by atoms with Gasteiger partial charge in [-0.3, -0.25) is 4.98 Å². The van der Waals surface area contributed by atoms with Crippen LogP contribution in [0.15, 0.2) is 68.8 Å². The summed E-state index contributed by atoms with van der Waals surface area (Å²) in [5, 5.41) is 11.5. The van der Waals surface area contributed by atoms with Gasteiger partial charge in [-0.1, -0.05) is 6.07 Å². The largest absolute Gasteiger partial charge is 0.417 e. The number of rotatable bonds is 5. The lowest BCUT2D eigenvalue weighted by Crippen LogP contribution is -2.49. The van der Waals surface area contributed by atoms with Crippen molar-refractivity contribution in [1.82, 2.24) is 24.5 Å². The molecule has 11 nitrogen and oxygen atoms in total. The minimum atomic E-state index is -3.70. The van der Waals surface area contributed by atoms with E-state index in [2.05, 4.69) is 25.5 Å². The summed E-state index contributed by atoms with van der Waals surface area (Å²) in [6.45, 7) is 1.56. The molecule has 1 aromatic carbocycles. The molecule has 4 aromatic rings. The molecule has 1 fully saturated rings. The minimum absolute atomic E-state index is 0.111. The molecule has 3 aromatic heterocycles. The zero-order chi connectivity index (χ0) is 22.1. The monoisotopic (exact) mass is 453 g/mol. The van der Waals surface area contributed by atoms with E-state index in [0.29, 0.717) is 54.7 Å². The molecule has 0 saturated carbocycles. The number of oxazole rings is 1. The van der Waals surface area contributed by atoms with Gasteiger partial charge in [-0.15, -0.1) is 10.2 Å². The molecule has 1 aliphatic heterocycles. The van der Waals surface area contributed by atoms with Crippen molar-refractivity contribution in [2.75, 3.05) is 36.4 Å². The van der Waals surface area contributed by atoms with E-state index < -0.39 is 15.8 Å². The number of hydrogen-bond donors (Lipinski definition) is 2. The van der Waals surface area contributed by atoms with Crippen molar-refractivity contribution in [3.8, 4) is 0 Å². The van der Waals surface area contributed by atoms with E-state index >= 15 is 0 Å². The number of aromatic nitrogens is 4. The summed E-state index contributed by atoms with van der Waals surface area (Å²) >= 11 is 0. The van der Waals surface area contributed by atoms with Crippen molar-refractivity contribution in [3.05, 3.63) is 65.3 Å². The number of sulfonamides is 1. The maximum atomic E-state index is 13.0. The molecule has 0 unspecified atom stereocenters. The Bertz CT molecular complexity index is 1390. The third-order valence-electron chi connectivity index (χ3n) is 5.16. The topological polar surface area (TPSA) is 137 Å². The Morgan fingerprint density at radius 3 is 2.53 bits per heavy atom. The number of piperazine rings is 1. The van der Waals surface area contributed by atoms with Crippen LogP contribution >= 0.6 is 0 Å². The van der Waals surface area contributed by atoms with E-state index in [9.17, 15) is 13.2 Å². The molecule has 164 valence electrons. The number of H-pyrrole nitrogens is 1. The van der Waals surface area contributed by atoms with E-state index in [0.717, 1.165) is 0 Å². The van der Waals surface area contributed by atoms with E-state index in [4.69, 9.17) is 4.42 Å². The fraction of sp³-hybridized carbons (Fsp3) is 0.200. The fourth-order valence-corrected chi connectivity index (χ4v) is 4.98. The van der Waals surface area contributed by atoms with Gasteiger partial charge in [-0.2, -0.15) is 4.31 Å². The van der Waals surface area contributed by atoms with Gasteiger partial charge in [0.1, 0.15) is 5.82 Å². The van der Waals surface area contributed by atoms with Gasteiger partial charge in [-0.05, 0) is 42.5 Å². The molecule has 1 aliphatic rings. The first-order valence-electron chi connectivity index (χ1n) is 9.89. The van der Waals surface area contributed by atoms with Gasteiger partial charge in [0.2, 0.25) is 10.0 Å². The molecule has 5 rings (SSSR count). The number of pyridine rings is 1. The molecular formula is C20H19N7O4S. The van der Waals surface area contributed by atoms with Crippen molar-refractivity contribution in [2.24, 2.45) is 0 Å². The fourth-order valence-electron chi connectivity index (χ4n) is 3.53. The van der Waals surface area contributed by atoms with Gasteiger partial charge in [0.05, 0.1) is 10.4 Å². The van der Waals surface area contributed by atoms with Gasteiger partial charge in [-0.25, -0.2) is 18.2 Å². The number of hydrogen-bond acceptors (Lipinski definition) is 9. The van der Waals surface area contributed by atoms with Crippen LogP contribution in [0.1, 0.15) is 0 Å². The van der Waals surface area contributed by atoms with E-state index in [1.54, 1.807) is 12.3 Å². The highest BCUT2D eigenvalue weighted by molar-refractivity contribution is 7.89. The summed E-state index contributed by atoms with van der Waals surface area (Å²) in [7, 11) is -3.70. The third-order valence-corrected chi connectivity index (χ3v) is 7.06. The zero-order valence-corrected chi connectivity index (χ0v) is 17.6. The number of nitrogens with zero attached hydrogens (tertiary/aromatic N) is 5. The number of aromatic amines is 1. The second-order valence-corrected chi connectivity index (χ2v) is 9.12. The van der Waals surface area contributed by atoms with Crippen molar-refractivity contribution in [1.29, 1.82) is 0 Å². The average molecular weight is 453 g/mol.